The first kappa shape index (κ1) is 14.2. The van der Waals surface area contributed by atoms with Crippen LogP contribution < -0.4 is 5.73 Å². The maximum Gasteiger partial charge on any atom is 0.0946 e. The summed E-state index contributed by atoms with van der Waals surface area (Å²) in [5.41, 5.74) is 8.97. The van der Waals surface area contributed by atoms with Crippen molar-refractivity contribution < 1.29 is 0 Å². The zero-order chi connectivity index (χ0) is 14.0. The van der Waals surface area contributed by atoms with Gasteiger partial charge in [0.2, 0.25) is 0 Å². The lowest BCUT2D eigenvalue weighted by atomic mass is 9.86. The van der Waals surface area contributed by atoms with Gasteiger partial charge >= 0.3 is 0 Å². The lowest BCUT2D eigenvalue weighted by Gasteiger charge is -2.20. The van der Waals surface area contributed by atoms with E-state index < -0.39 is 0 Å². The molecule has 2 rings (SSSR count). The van der Waals surface area contributed by atoms with Gasteiger partial charge in [0.15, 0.2) is 0 Å². The second kappa shape index (κ2) is 5.43. The minimum atomic E-state index is 0.0274. The highest BCUT2D eigenvalue weighted by Crippen LogP contribution is 2.25. The van der Waals surface area contributed by atoms with Crippen LogP contribution in [0, 0.1) is 6.92 Å². The Kier molecular flexibility index (Phi) is 4.07. The highest BCUT2D eigenvalue weighted by atomic mass is 32.1. The van der Waals surface area contributed by atoms with Crippen LogP contribution in [0.25, 0.3) is 0 Å². The van der Waals surface area contributed by atoms with Crippen LogP contribution in [0.1, 0.15) is 47.8 Å². The molecular weight excluding hydrogens is 252 g/mol. The van der Waals surface area contributed by atoms with Crippen LogP contribution >= 0.6 is 11.3 Å². The van der Waals surface area contributed by atoms with Crippen molar-refractivity contribution >= 4 is 11.3 Å². The summed E-state index contributed by atoms with van der Waals surface area (Å²) in [4.78, 5) is 5.62. The molecule has 19 heavy (non-hydrogen) atoms. The molecule has 102 valence electrons. The van der Waals surface area contributed by atoms with Crippen LogP contribution in [0.15, 0.2) is 30.5 Å². The third-order valence-corrected chi connectivity index (χ3v) is 4.20. The molecular formula is C16H22N2S. The molecule has 0 aliphatic carbocycles. The fraction of sp³-hybridized carbons (Fsp3) is 0.438. The van der Waals surface area contributed by atoms with Gasteiger partial charge < -0.3 is 5.73 Å². The molecule has 1 aromatic carbocycles. The van der Waals surface area contributed by atoms with Gasteiger partial charge in [-0.2, -0.15) is 0 Å². The van der Waals surface area contributed by atoms with Crippen LogP contribution in [0.5, 0.6) is 0 Å². The average molecular weight is 274 g/mol. The van der Waals surface area contributed by atoms with E-state index in [0.717, 1.165) is 11.4 Å². The lowest BCUT2D eigenvalue weighted by molar-refractivity contribution is 0.589. The number of benzene rings is 1. The molecule has 2 N–H and O–H groups in total. The molecule has 0 amide bonds. The molecule has 0 spiro atoms. The molecule has 0 saturated heterocycles. The first-order chi connectivity index (χ1) is 8.86. The van der Waals surface area contributed by atoms with Crippen molar-refractivity contribution in [2.45, 2.75) is 45.6 Å². The number of aromatic nitrogens is 1. The molecule has 3 heteroatoms. The minimum Gasteiger partial charge on any atom is -0.324 e. The van der Waals surface area contributed by atoms with Crippen LogP contribution in [0.4, 0.5) is 0 Å². The van der Waals surface area contributed by atoms with Gasteiger partial charge in [-0.15, -0.1) is 11.3 Å². The molecule has 2 aromatic rings. The van der Waals surface area contributed by atoms with Crippen LogP contribution in [-0.4, -0.2) is 4.98 Å². The fourth-order valence-corrected chi connectivity index (χ4v) is 2.88. The number of nitrogens with two attached hydrogens (primary N) is 1. The highest BCUT2D eigenvalue weighted by Gasteiger charge is 2.15. The quantitative estimate of drug-likeness (QED) is 0.919. The summed E-state index contributed by atoms with van der Waals surface area (Å²) in [5.74, 6) is 0. The third kappa shape index (κ3) is 3.64. The zero-order valence-electron chi connectivity index (χ0n) is 12.1. The van der Waals surface area contributed by atoms with E-state index in [4.69, 9.17) is 5.73 Å². The van der Waals surface area contributed by atoms with E-state index >= 15 is 0 Å². The Morgan fingerprint density at radius 3 is 2.32 bits per heavy atom. The summed E-state index contributed by atoms with van der Waals surface area (Å²) < 4.78 is 0. The van der Waals surface area contributed by atoms with Crippen molar-refractivity contribution in [1.82, 2.24) is 4.98 Å². The van der Waals surface area contributed by atoms with E-state index in [9.17, 15) is 0 Å². The Hall–Kier alpha value is -1.19. The van der Waals surface area contributed by atoms with Crippen LogP contribution in [-0.2, 0) is 11.8 Å². The number of rotatable bonds is 3. The van der Waals surface area contributed by atoms with E-state index in [-0.39, 0.29) is 11.5 Å². The largest absolute Gasteiger partial charge is 0.324 e. The predicted octanol–water partition coefficient (Wildman–Crippen LogP) is 3.99. The molecule has 1 aromatic heterocycles. The van der Waals surface area contributed by atoms with Crippen molar-refractivity contribution in [3.8, 4) is 0 Å². The molecule has 1 unspecified atom stereocenters. The molecule has 0 aliphatic rings. The fourth-order valence-electron chi connectivity index (χ4n) is 2.03. The Morgan fingerprint density at radius 2 is 1.84 bits per heavy atom. The Morgan fingerprint density at radius 1 is 1.21 bits per heavy atom. The van der Waals surface area contributed by atoms with E-state index in [1.54, 1.807) is 11.3 Å². The zero-order valence-corrected chi connectivity index (χ0v) is 12.9. The monoisotopic (exact) mass is 274 g/mol. The Balaban J connectivity index is 2.09. The van der Waals surface area contributed by atoms with E-state index in [2.05, 4.69) is 56.9 Å². The normalized spacial score (nSPS) is 13.5. The molecule has 1 atom stereocenters. The molecule has 0 bridgehead atoms. The summed E-state index contributed by atoms with van der Waals surface area (Å²) in [6.45, 7) is 8.74. The maximum absolute atomic E-state index is 6.26. The van der Waals surface area contributed by atoms with Gasteiger partial charge in [-0.25, -0.2) is 4.98 Å². The van der Waals surface area contributed by atoms with Gasteiger partial charge in [0.25, 0.3) is 0 Å². The smallest absolute Gasteiger partial charge is 0.0946 e. The van der Waals surface area contributed by atoms with Gasteiger partial charge in [-0.1, -0.05) is 45.0 Å². The standard InChI is InChI=1S/C16H22N2S/c1-11-10-18-15(19-11)9-14(17)12-5-7-13(8-6-12)16(2,3)4/h5-8,10,14H,9,17H2,1-4H3. The summed E-state index contributed by atoms with van der Waals surface area (Å²) in [7, 11) is 0. The summed E-state index contributed by atoms with van der Waals surface area (Å²) in [5, 5.41) is 1.12. The Labute approximate surface area is 119 Å². The third-order valence-electron chi connectivity index (χ3n) is 3.27. The molecule has 1 heterocycles. The number of aryl methyl sites for hydroxylation is 1. The van der Waals surface area contributed by atoms with Gasteiger partial charge in [-0.05, 0) is 23.5 Å². The molecule has 0 aliphatic heterocycles. The highest BCUT2D eigenvalue weighted by molar-refractivity contribution is 7.11. The Bertz CT molecular complexity index is 535. The first-order valence-electron chi connectivity index (χ1n) is 6.63. The number of hydrogen-bond donors (Lipinski definition) is 1. The van der Waals surface area contributed by atoms with Crippen molar-refractivity contribution in [3.05, 3.63) is 51.5 Å². The van der Waals surface area contributed by atoms with Crippen molar-refractivity contribution in [2.75, 3.05) is 0 Å². The number of hydrogen-bond acceptors (Lipinski definition) is 3. The van der Waals surface area contributed by atoms with E-state index in [0.29, 0.717) is 0 Å². The van der Waals surface area contributed by atoms with Crippen molar-refractivity contribution in [2.24, 2.45) is 5.73 Å². The van der Waals surface area contributed by atoms with E-state index in [1.807, 2.05) is 6.20 Å². The van der Waals surface area contributed by atoms with Gasteiger partial charge in [0, 0.05) is 23.5 Å². The van der Waals surface area contributed by atoms with Crippen molar-refractivity contribution in [1.29, 1.82) is 0 Å². The van der Waals surface area contributed by atoms with Crippen LogP contribution in [0.3, 0.4) is 0 Å². The van der Waals surface area contributed by atoms with Crippen molar-refractivity contribution in [3.63, 3.8) is 0 Å². The van der Waals surface area contributed by atoms with E-state index in [1.165, 1.54) is 16.0 Å². The topological polar surface area (TPSA) is 38.9 Å². The van der Waals surface area contributed by atoms with Crippen LogP contribution in [0.2, 0.25) is 0 Å². The van der Waals surface area contributed by atoms with Gasteiger partial charge in [-0.3, -0.25) is 0 Å². The molecule has 0 saturated carbocycles. The van der Waals surface area contributed by atoms with Gasteiger partial charge in [0.05, 0.1) is 5.01 Å². The average Bonchev–Trinajstić information content (AvgIpc) is 2.74. The first-order valence-corrected chi connectivity index (χ1v) is 7.45. The minimum absolute atomic E-state index is 0.0274. The SMILES string of the molecule is Cc1cnc(CC(N)c2ccc(C(C)(C)C)cc2)s1. The summed E-state index contributed by atoms with van der Waals surface area (Å²) in [6, 6.07) is 8.68. The lowest BCUT2D eigenvalue weighted by Crippen LogP contribution is -2.15. The molecule has 2 nitrogen and oxygen atoms in total. The predicted molar refractivity (Wildman–Crippen MR) is 82.6 cm³/mol. The summed E-state index contributed by atoms with van der Waals surface area (Å²) >= 11 is 1.73. The molecule has 0 fully saturated rings. The second-order valence-electron chi connectivity index (χ2n) is 6.05. The molecule has 0 radical (unpaired) electrons. The number of thiazole rings is 1. The maximum atomic E-state index is 6.26. The summed E-state index contributed by atoms with van der Waals surface area (Å²) in [6.07, 6.45) is 2.72. The second-order valence-corrected chi connectivity index (χ2v) is 7.37. The van der Waals surface area contributed by atoms with Gasteiger partial charge in [0.1, 0.15) is 0 Å². The number of nitrogens with zero attached hydrogens (tertiary/aromatic N) is 1.